The molecule has 0 saturated heterocycles. The first kappa shape index (κ1) is 91.8. The number of hydrogen-bond acceptors (Lipinski definition) is 0. The molecule has 102 heavy (non-hydrogen) atoms. The van der Waals surface area contributed by atoms with Crippen LogP contribution in [0.15, 0.2) is 170 Å². The van der Waals surface area contributed by atoms with Crippen LogP contribution in [0.4, 0.5) is 0 Å². The monoisotopic (exact) mass is 1380 g/mol. The second-order valence-corrected chi connectivity index (χ2v) is 33.4. The molecule has 0 bridgehead atoms. The van der Waals surface area contributed by atoms with Crippen LogP contribution in [-0.4, -0.2) is 0 Å². The zero-order valence-corrected chi connectivity index (χ0v) is 72.2. The maximum absolute atomic E-state index is 2.41. The molecule has 1 aliphatic rings. The highest BCUT2D eigenvalue weighted by Gasteiger charge is 2.30. The van der Waals surface area contributed by atoms with Crippen molar-refractivity contribution in [1.29, 1.82) is 0 Å². The Kier molecular flexibility index (Phi) is 39.5. The molecule has 9 rings (SSSR count). The van der Waals surface area contributed by atoms with E-state index in [9.17, 15) is 0 Å². The zero-order chi connectivity index (χ0) is 77.4. The average Bonchev–Trinajstić information content (AvgIpc) is 0.816. The van der Waals surface area contributed by atoms with Gasteiger partial charge in [0.15, 0.2) is 0 Å². The summed E-state index contributed by atoms with van der Waals surface area (Å²) in [5, 5.41) is 0. The Balaban J connectivity index is 0.000000400. The summed E-state index contributed by atoms with van der Waals surface area (Å²) in [6.45, 7) is 72.1. The van der Waals surface area contributed by atoms with Crippen LogP contribution >= 0.6 is 0 Å². The van der Waals surface area contributed by atoms with Crippen molar-refractivity contribution in [1.82, 2.24) is 0 Å². The summed E-state index contributed by atoms with van der Waals surface area (Å²) < 4.78 is 0. The van der Waals surface area contributed by atoms with Crippen molar-refractivity contribution < 1.29 is 0 Å². The minimum atomic E-state index is 0.260. The molecule has 0 atom stereocenters. The first-order valence-corrected chi connectivity index (χ1v) is 40.4. The summed E-state index contributed by atoms with van der Waals surface area (Å²) in [5.74, 6) is 1.49. The van der Waals surface area contributed by atoms with Gasteiger partial charge >= 0.3 is 0 Å². The van der Waals surface area contributed by atoms with Gasteiger partial charge in [0, 0.05) is 0 Å². The lowest BCUT2D eigenvalue weighted by Gasteiger charge is -2.35. The highest BCUT2D eigenvalue weighted by molar-refractivity contribution is 5.43. The van der Waals surface area contributed by atoms with Crippen molar-refractivity contribution in [2.45, 2.75) is 356 Å². The van der Waals surface area contributed by atoms with E-state index in [1.807, 2.05) is 0 Å². The molecular formula is C102H154. The molecule has 0 aromatic heterocycles. The van der Waals surface area contributed by atoms with Crippen LogP contribution in [0.5, 0.6) is 0 Å². The lowest BCUT2D eigenvalue weighted by atomic mass is 9.70. The molecule has 0 heterocycles. The van der Waals surface area contributed by atoms with Crippen LogP contribution < -0.4 is 0 Å². The maximum Gasteiger partial charge on any atom is -0.00778 e. The smallest absolute Gasteiger partial charge is 0.00778 e. The zero-order valence-electron chi connectivity index (χ0n) is 72.2. The lowest BCUT2D eigenvalue weighted by Crippen LogP contribution is -2.26. The third-order valence-corrected chi connectivity index (χ3v) is 24.8. The van der Waals surface area contributed by atoms with Gasteiger partial charge in [0.25, 0.3) is 0 Å². The van der Waals surface area contributed by atoms with Crippen molar-refractivity contribution in [2.75, 3.05) is 0 Å². The molecule has 0 spiro atoms. The van der Waals surface area contributed by atoms with E-state index in [2.05, 4.69) is 391 Å². The third-order valence-electron chi connectivity index (χ3n) is 24.8. The molecule has 1 saturated carbocycles. The molecule has 1 aliphatic carbocycles. The molecular weight excluding hydrogens is 1230 g/mol. The molecule has 0 radical (unpaired) electrons. The maximum atomic E-state index is 2.41. The van der Waals surface area contributed by atoms with Gasteiger partial charge in [-0.15, -0.1) is 0 Å². The van der Waals surface area contributed by atoms with Gasteiger partial charge in [-0.1, -0.05) is 349 Å². The third kappa shape index (κ3) is 28.3. The fraction of sp³-hybridized carbons (Fsp3) is 0.529. The van der Waals surface area contributed by atoms with E-state index in [0.29, 0.717) is 33.0 Å². The standard InChI is InChI=1S/C19H32.C14H22.3C13H20.C12H16.2C9H12/c1-8-18(6,9-2)16-13-12-14-17(15(16)5)19(7,10-3)11-4;1-10(2)12-7-11(3)8-13(9-12)14(4,5)6;1-5-13(4,6-2)12-9-7-11(3)8-10-12;1-5-13(4,6-2)12-9-7-8-11(3)10-12;1-5-13(4,6-2)12-10-8-7-9-11(12)3;1-10-6-8-12(9-7-10)11-4-2-3-5-11;1-7-4-5-8(2)9(3)6-7;1-7-5-4-6-8(2)9(7)3/h12-14H,8-11H2,1-7H3;7-10H,1-6H3;3*7-10H,5-6H2,1-4H3;6-9,11H,2-5H2,1H3;2*4-6H,1-3H3. The van der Waals surface area contributed by atoms with E-state index in [1.54, 1.807) is 16.7 Å². The van der Waals surface area contributed by atoms with Crippen molar-refractivity contribution in [3.8, 4) is 0 Å². The topological polar surface area (TPSA) is 0 Å². The van der Waals surface area contributed by atoms with Crippen LogP contribution in [0.2, 0.25) is 0 Å². The molecule has 0 nitrogen and oxygen atoms in total. The van der Waals surface area contributed by atoms with Crippen LogP contribution in [-0.2, 0) is 32.5 Å². The Morgan fingerprint density at radius 3 is 1.06 bits per heavy atom. The van der Waals surface area contributed by atoms with Crippen molar-refractivity contribution in [3.63, 3.8) is 0 Å². The largest absolute Gasteiger partial charge is 0.0645 e. The summed E-state index contributed by atoms with van der Waals surface area (Å²) >= 11 is 0. The molecule has 1 fully saturated rings. The highest BCUT2D eigenvalue weighted by atomic mass is 14.4. The summed E-state index contributed by atoms with van der Waals surface area (Å²) in [6.07, 6.45) is 17.8. The lowest BCUT2D eigenvalue weighted by molar-refractivity contribution is 0.419. The predicted molar refractivity (Wildman–Crippen MR) is 462 cm³/mol. The fourth-order valence-corrected chi connectivity index (χ4v) is 13.8. The normalized spacial score (nSPS) is 12.4. The summed E-state index contributed by atoms with van der Waals surface area (Å²) in [7, 11) is 0. The van der Waals surface area contributed by atoms with Crippen molar-refractivity contribution in [2.24, 2.45) is 0 Å². The molecule has 0 N–H and O–H groups in total. The van der Waals surface area contributed by atoms with Gasteiger partial charge < -0.3 is 0 Å². The Bertz CT molecular complexity index is 3560. The first-order chi connectivity index (χ1) is 47.8. The second-order valence-electron chi connectivity index (χ2n) is 33.4. The Labute approximate surface area is 633 Å². The van der Waals surface area contributed by atoms with Gasteiger partial charge in [-0.05, 0) is 288 Å². The van der Waals surface area contributed by atoms with E-state index in [4.69, 9.17) is 0 Å². The van der Waals surface area contributed by atoms with Crippen molar-refractivity contribution >= 4 is 0 Å². The first-order valence-electron chi connectivity index (χ1n) is 40.4. The SMILES string of the molecule is CCC(C)(CC)c1ccc(C)cc1.CCC(C)(CC)c1cccc(C(C)(CC)CC)c1C.CCC(C)(CC)c1cccc(C)c1.CCC(C)(CC)c1ccccc1C.Cc1cc(C(C)C)cc(C(C)(C)C)c1.Cc1ccc(C)c(C)c1.Cc1ccc(C2CCCC2)cc1.Cc1cccc(C)c1C. The van der Waals surface area contributed by atoms with Crippen LogP contribution in [0.1, 0.15) is 351 Å². The van der Waals surface area contributed by atoms with Gasteiger partial charge in [-0.3, -0.25) is 0 Å². The van der Waals surface area contributed by atoms with Gasteiger partial charge in [0.05, 0.1) is 0 Å². The predicted octanol–water partition coefficient (Wildman–Crippen LogP) is 31.7. The average molecular weight is 1380 g/mol. The molecule has 0 amide bonds. The van der Waals surface area contributed by atoms with Gasteiger partial charge in [-0.25, -0.2) is 0 Å². The van der Waals surface area contributed by atoms with Crippen LogP contribution in [0, 0.1) is 83.1 Å². The number of rotatable bonds is 17. The summed E-state index contributed by atoms with van der Waals surface area (Å²) in [4.78, 5) is 0. The molecule has 8 aromatic carbocycles. The molecule has 0 unspecified atom stereocenters. The Morgan fingerprint density at radius 2 is 0.657 bits per heavy atom. The number of hydrogen-bond donors (Lipinski definition) is 0. The second kappa shape index (κ2) is 43.9. The number of benzene rings is 8. The minimum absolute atomic E-state index is 0.260. The Morgan fingerprint density at radius 1 is 0.284 bits per heavy atom. The van der Waals surface area contributed by atoms with Crippen LogP contribution in [0.25, 0.3) is 0 Å². The highest BCUT2D eigenvalue weighted by Crippen LogP contribution is 2.41. The molecule has 8 aromatic rings. The van der Waals surface area contributed by atoms with E-state index in [0.717, 1.165) is 5.92 Å². The van der Waals surface area contributed by atoms with Gasteiger partial charge in [0.2, 0.25) is 0 Å². The van der Waals surface area contributed by atoms with E-state index in [-0.39, 0.29) is 5.41 Å². The molecule has 0 aliphatic heterocycles. The van der Waals surface area contributed by atoms with Gasteiger partial charge in [0.1, 0.15) is 0 Å². The van der Waals surface area contributed by atoms with E-state index in [1.165, 1.54) is 184 Å². The fourth-order valence-electron chi connectivity index (χ4n) is 13.8. The molecule has 562 valence electrons. The van der Waals surface area contributed by atoms with Crippen molar-refractivity contribution in [3.05, 3.63) is 281 Å². The Hall–Kier alpha value is -6.24. The number of aryl methyl sites for hydroxylation is 10. The van der Waals surface area contributed by atoms with E-state index < -0.39 is 0 Å². The van der Waals surface area contributed by atoms with Gasteiger partial charge in [-0.2, -0.15) is 0 Å². The summed E-state index contributed by atoms with van der Waals surface area (Å²) in [6, 6.07) is 62.4. The van der Waals surface area contributed by atoms with E-state index >= 15 is 0 Å². The quantitative estimate of drug-likeness (QED) is 0.0852. The summed E-state index contributed by atoms with van der Waals surface area (Å²) in [5.41, 5.74) is 30.7. The molecule has 0 heteroatoms. The van der Waals surface area contributed by atoms with Crippen LogP contribution in [0.3, 0.4) is 0 Å². The minimum Gasteiger partial charge on any atom is -0.0645 e.